The van der Waals surface area contributed by atoms with E-state index < -0.39 is 64.6 Å². The number of carboxylic acid groups (broad SMARTS) is 1. The third-order valence-corrected chi connectivity index (χ3v) is 13.3. The van der Waals surface area contributed by atoms with Crippen molar-refractivity contribution in [2.24, 2.45) is 5.16 Å². The van der Waals surface area contributed by atoms with Crippen LogP contribution in [0.3, 0.4) is 0 Å². The molecule has 14 nitrogen and oxygen atoms in total. The average molecular weight is 978 g/mol. The van der Waals surface area contributed by atoms with E-state index in [4.69, 9.17) is 31.5 Å². The number of thiazole rings is 1. The van der Waals surface area contributed by atoms with Crippen molar-refractivity contribution in [3.8, 4) is 0 Å². The maximum absolute atomic E-state index is 14.9. The Bertz CT molecular complexity index is 2770. The monoisotopic (exact) mass is 977 g/mol. The number of carboxylic acids is 1. The zero-order valence-corrected chi connectivity index (χ0v) is 39.0. The van der Waals surface area contributed by atoms with Gasteiger partial charge in [-0.1, -0.05) is 169 Å². The Morgan fingerprint density at radius 3 is 1.93 bits per heavy atom. The van der Waals surface area contributed by atoms with E-state index in [1.54, 1.807) is 5.38 Å². The Kier molecular flexibility index (Phi) is 15.2. The Balaban J connectivity index is 1.15. The number of ether oxygens (including phenoxy) is 2. The van der Waals surface area contributed by atoms with E-state index in [1.165, 1.54) is 46.7 Å². The molecule has 17 heteroatoms. The fourth-order valence-corrected chi connectivity index (χ4v) is 10.2. The van der Waals surface area contributed by atoms with Gasteiger partial charge in [0.15, 0.2) is 22.5 Å². The number of hydrogen-bond acceptors (Lipinski definition) is 14. The molecule has 8 rings (SSSR count). The van der Waals surface area contributed by atoms with E-state index in [0.717, 1.165) is 21.6 Å². The number of nitrogens with zero attached hydrogens (tertiary/aromatic N) is 3. The molecular weight excluding hydrogens is 935 g/mol. The summed E-state index contributed by atoms with van der Waals surface area (Å²) >= 11 is 7.15. The number of oxime groups is 1. The van der Waals surface area contributed by atoms with Crippen molar-refractivity contribution < 1.29 is 43.4 Å². The molecule has 2 aliphatic rings. The van der Waals surface area contributed by atoms with Crippen LogP contribution in [0.25, 0.3) is 0 Å². The molecule has 0 unspecified atom stereocenters. The zero-order chi connectivity index (χ0) is 48.2. The van der Waals surface area contributed by atoms with Gasteiger partial charge in [0.2, 0.25) is 6.61 Å². The van der Waals surface area contributed by atoms with Gasteiger partial charge in [0.1, 0.15) is 28.9 Å². The minimum absolute atomic E-state index is 0.0159. The zero-order valence-electron chi connectivity index (χ0n) is 36.6. The first kappa shape index (κ1) is 47.8. The van der Waals surface area contributed by atoms with E-state index in [2.05, 4.69) is 15.8 Å². The molecule has 0 aliphatic carbocycles. The standard InChI is InChI=1S/C52H43N5O9S3/c58-42(27-31-67)64-30-16-29-51(48(63)57-41(47(61)62)28-32-68-49(51)57)54-46(60)44(56-65-33-43(59)66-45(35-17-6-1-7-18-35)36-19-8-2-9-20-36)40-34-69-50(53-40)55-52(37-21-10-3-11-22-37,38-23-12-4-13-24-38)39-25-14-5-15-26-39/h1-26,28-29,31,34,45,49H,27,30,32-33H2,(H,53,55)(H,54,60)(H,61,62)/t49-,51+/m0/s1. The highest BCUT2D eigenvalue weighted by Crippen LogP contribution is 2.46. The number of aliphatic carboxylic acids is 1. The van der Waals surface area contributed by atoms with E-state index in [1.807, 2.05) is 152 Å². The van der Waals surface area contributed by atoms with E-state index in [-0.39, 0.29) is 30.2 Å². The summed E-state index contributed by atoms with van der Waals surface area (Å²) in [7, 11) is 0. The number of β-lactam (4-membered cyclic amide) rings is 1. The van der Waals surface area contributed by atoms with E-state index in [9.17, 15) is 29.1 Å². The lowest BCUT2D eigenvalue weighted by Crippen LogP contribution is -2.79. The molecule has 2 atom stereocenters. The molecule has 1 saturated heterocycles. The number of anilines is 1. The predicted octanol–water partition coefficient (Wildman–Crippen LogP) is 7.83. The molecule has 6 aromatic rings. The van der Waals surface area contributed by atoms with Gasteiger partial charge in [-0.05, 0) is 51.4 Å². The summed E-state index contributed by atoms with van der Waals surface area (Å²) in [5.41, 5.74) is 0.618. The topological polar surface area (TPSA) is 186 Å². The number of benzene rings is 5. The number of esters is 2. The highest BCUT2D eigenvalue weighted by molar-refractivity contribution is 8.00. The number of carbonyl (C=O) groups excluding carboxylic acids is 4. The molecular formula is C52H43N5O9S3. The highest BCUT2D eigenvalue weighted by Gasteiger charge is 2.63. The number of amides is 2. The molecule has 2 aliphatic heterocycles. The van der Waals surface area contributed by atoms with Crippen molar-refractivity contribution >= 4 is 81.2 Å². The summed E-state index contributed by atoms with van der Waals surface area (Å²) in [6.45, 7) is -1.00. The average Bonchev–Trinajstić information content (AvgIpc) is 3.85. The number of rotatable bonds is 20. The molecule has 1 aromatic heterocycles. The van der Waals surface area contributed by atoms with Gasteiger partial charge in [-0.25, -0.2) is 14.6 Å². The number of aromatic nitrogens is 1. The summed E-state index contributed by atoms with van der Waals surface area (Å²) < 4.78 is 11.2. The van der Waals surface area contributed by atoms with Crippen molar-refractivity contribution in [2.75, 3.05) is 24.3 Å². The molecule has 0 spiro atoms. The summed E-state index contributed by atoms with van der Waals surface area (Å²) in [4.78, 5) is 78.6. The number of nitrogens with one attached hydrogen (secondary N) is 2. The lowest BCUT2D eigenvalue weighted by Gasteiger charge is -2.55. The van der Waals surface area contributed by atoms with Crippen molar-refractivity contribution in [3.05, 3.63) is 214 Å². The largest absolute Gasteiger partial charge is 0.477 e. The van der Waals surface area contributed by atoms with Gasteiger partial charge in [0, 0.05) is 11.1 Å². The lowest BCUT2D eigenvalue weighted by molar-refractivity contribution is -0.155. The second kappa shape index (κ2) is 21.9. The summed E-state index contributed by atoms with van der Waals surface area (Å²) in [6.07, 6.45) is 3.25. The predicted molar refractivity (Wildman–Crippen MR) is 266 cm³/mol. The van der Waals surface area contributed by atoms with Gasteiger partial charge in [0.25, 0.3) is 11.8 Å². The van der Waals surface area contributed by atoms with Gasteiger partial charge in [-0.3, -0.25) is 19.3 Å². The van der Waals surface area contributed by atoms with Gasteiger partial charge in [0.05, 0.1) is 6.42 Å². The van der Waals surface area contributed by atoms with Gasteiger partial charge < -0.3 is 30.1 Å². The second-order valence-electron chi connectivity index (χ2n) is 15.5. The molecule has 1 fully saturated rings. The van der Waals surface area contributed by atoms with Crippen LogP contribution in [0.15, 0.2) is 186 Å². The maximum Gasteiger partial charge on any atom is 0.352 e. The van der Waals surface area contributed by atoms with Crippen LogP contribution in [-0.4, -0.2) is 85.7 Å². The normalized spacial score (nSPS) is 16.7. The van der Waals surface area contributed by atoms with Crippen LogP contribution in [-0.2, 0) is 43.8 Å². The van der Waals surface area contributed by atoms with Crippen LogP contribution in [0, 0.1) is 0 Å². The van der Waals surface area contributed by atoms with E-state index >= 15 is 0 Å². The SMILES string of the molecule is O=C(CC=S)OCC=C[C@@]1(NC(=O)C(=NOCC(=O)OC(c2ccccc2)c2ccccc2)c2csc(NC(c3ccccc3)(c3ccccc3)c3ccccc3)n2)C(=O)N2C(C(=O)O)=CCS[C@H]21. The minimum Gasteiger partial charge on any atom is -0.477 e. The molecule has 69 heavy (non-hydrogen) atoms. The smallest absolute Gasteiger partial charge is 0.352 e. The molecule has 0 bridgehead atoms. The molecule has 2 amide bonds. The van der Waals surface area contributed by atoms with Crippen molar-refractivity contribution in [1.82, 2.24) is 15.2 Å². The third kappa shape index (κ3) is 10.4. The first-order chi connectivity index (χ1) is 33.6. The van der Waals surface area contributed by atoms with Crippen molar-refractivity contribution in [3.63, 3.8) is 0 Å². The number of fused-ring (bicyclic) bond motifs is 1. The molecule has 3 heterocycles. The van der Waals surface area contributed by atoms with Gasteiger partial charge in [-0.15, -0.1) is 23.1 Å². The summed E-state index contributed by atoms with van der Waals surface area (Å²) in [6, 6.07) is 47.9. The fraction of sp³-hybridized carbons (Fsp3) is 0.154. The number of thiocarbonyl (C=S) groups is 1. The van der Waals surface area contributed by atoms with Crippen LogP contribution >= 0.6 is 35.3 Å². The molecule has 3 N–H and O–H groups in total. The number of carbonyl (C=O) groups is 5. The van der Waals surface area contributed by atoms with Crippen molar-refractivity contribution in [2.45, 2.75) is 29.0 Å². The number of thioether (sulfide) groups is 1. The quantitative estimate of drug-likeness (QED) is 0.0128. The summed E-state index contributed by atoms with van der Waals surface area (Å²) in [5.74, 6) is -4.24. The second-order valence-corrected chi connectivity index (χ2v) is 17.8. The first-order valence-electron chi connectivity index (χ1n) is 21.5. The molecule has 348 valence electrons. The summed E-state index contributed by atoms with van der Waals surface area (Å²) in [5, 5.41) is 22.9. The Morgan fingerprint density at radius 2 is 1.39 bits per heavy atom. The highest BCUT2D eigenvalue weighted by atomic mass is 32.2. The Labute approximate surface area is 410 Å². The van der Waals surface area contributed by atoms with Crippen LogP contribution in [0.5, 0.6) is 0 Å². The third-order valence-electron chi connectivity index (χ3n) is 11.2. The van der Waals surface area contributed by atoms with Crippen LogP contribution in [0.4, 0.5) is 5.13 Å². The Hall–Kier alpha value is -7.73. The fourth-order valence-electron chi connectivity index (χ4n) is 8.04. The molecule has 0 radical (unpaired) electrons. The van der Waals surface area contributed by atoms with Gasteiger partial charge >= 0.3 is 17.9 Å². The minimum atomic E-state index is -1.86. The molecule has 0 saturated carbocycles. The van der Waals surface area contributed by atoms with Crippen LogP contribution in [0.1, 0.15) is 46.0 Å². The first-order valence-corrected chi connectivity index (χ1v) is 23.9. The van der Waals surface area contributed by atoms with E-state index in [0.29, 0.717) is 16.3 Å². The van der Waals surface area contributed by atoms with Crippen molar-refractivity contribution in [1.29, 1.82) is 0 Å². The van der Waals surface area contributed by atoms with Crippen LogP contribution < -0.4 is 10.6 Å². The maximum atomic E-state index is 14.9. The Morgan fingerprint density at radius 1 is 0.841 bits per heavy atom. The van der Waals surface area contributed by atoms with Crippen LogP contribution in [0.2, 0.25) is 0 Å². The molecule has 5 aromatic carbocycles. The lowest BCUT2D eigenvalue weighted by atomic mass is 9.77. The van der Waals surface area contributed by atoms with Gasteiger partial charge in [-0.2, -0.15) is 0 Å². The number of hydrogen-bond donors (Lipinski definition) is 3.